The van der Waals surface area contributed by atoms with Gasteiger partial charge in [-0.3, -0.25) is 9.10 Å². The van der Waals surface area contributed by atoms with E-state index in [2.05, 4.69) is 17.1 Å². The number of methoxy groups -OCH3 is 1. The molecule has 1 aliphatic heterocycles. The van der Waals surface area contributed by atoms with E-state index in [1.54, 1.807) is 55.6 Å². The van der Waals surface area contributed by atoms with E-state index in [1.807, 2.05) is 6.92 Å². The van der Waals surface area contributed by atoms with Crippen LogP contribution in [0.4, 0.5) is 5.69 Å². The average molecular weight is 488 g/mol. The number of hydrogen-bond donors (Lipinski definition) is 1. The van der Waals surface area contributed by atoms with Gasteiger partial charge in [-0.05, 0) is 75.5 Å². The molecule has 1 unspecified atom stereocenters. The summed E-state index contributed by atoms with van der Waals surface area (Å²) < 4.78 is 33.2. The third-order valence-electron chi connectivity index (χ3n) is 6.42. The number of aryl methyl sites for hydroxylation is 1. The second-order valence-corrected chi connectivity index (χ2v) is 10.7. The van der Waals surface area contributed by atoms with Crippen molar-refractivity contribution in [1.82, 2.24) is 10.2 Å². The molecule has 8 heteroatoms. The van der Waals surface area contributed by atoms with Crippen LogP contribution in [0.1, 0.15) is 44.6 Å². The maximum absolute atomic E-state index is 13.4. The topological polar surface area (TPSA) is 79.0 Å². The number of piperidine rings is 1. The molecule has 0 radical (unpaired) electrons. The molecule has 0 spiro atoms. The highest BCUT2D eigenvalue weighted by Crippen LogP contribution is 2.26. The van der Waals surface area contributed by atoms with E-state index in [-0.39, 0.29) is 17.3 Å². The van der Waals surface area contributed by atoms with E-state index >= 15 is 0 Å². The lowest BCUT2D eigenvalue weighted by Gasteiger charge is -2.35. The predicted octanol–water partition coefficient (Wildman–Crippen LogP) is 3.97. The summed E-state index contributed by atoms with van der Waals surface area (Å²) in [5.74, 6) is 0.293. The summed E-state index contributed by atoms with van der Waals surface area (Å²) in [4.78, 5) is 15.5. The van der Waals surface area contributed by atoms with Crippen molar-refractivity contribution in [1.29, 1.82) is 0 Å². The monoisotopic (exact) mass is 487 g/mol. The first-order chi connectivity index (χ1) is 16.3. The van der Waals surface area contributed by atoms with Gasteiger partial charge in [-0.25, -0.2) is 8.42 Å². The van der Waals surface area contributed by atoms with Gasteiger partial charge in [0.15, 0.2) is 0 Å². The van der Waals surface area contributed by atoms with Crippen molar-refractivity contribution >= 4 is 21.6 Å². The Morgan fingerprint density at radius 1 is 1.12 bits per heavy atom. The standard InChI is InChI=1S/C26H37N3O4S/c1-4-22-8-5-6-18-28(22)19-7-17-27-26(30)20-29(23-11-13-24(33-3)14-12-23)34(31,32)25-15-9-21(2)10-16-25/h9-16,22H,4-8,17-20H2,1-3H3,(H,27,30). The van der Waals surface area contributed by atoms with Crippen LogP contribution >= 0.6 is 0 Å². The van der Waals surface area contributed by atoms with E-state index in [9.17, 15) is 13.2 Å². The molecule has 1 heterocycles. The Hall–Kier alpha value is -2.58. The highest BCUT2D eigenvalue weighted by Gasteiger charge is 2.27. The van der Waals surface area contributed by atoms with Crippen molar-refractivity contribution in [2.24, 2.45) is 0 Å². The molecule has 0 aromatic heterocycles. The maximum atomic E-state index is 13.4. The zero-order chi connectivity index (χ0) is 24.6. The van der Waals surface area contributed by atoms with Crippen LogP contribution in [0, 0.1) is 6.92 Å². The molecule has 7 nitrogen and oxygen atoms in total. The van der Waals surface area contributed by atoms with Crippen LogP contribution in [-0.2, 0) is 14.8 Å². The minimum Gasteiger partial charge on any atom is -0.497 e. The molecule has 1 fully saturated rings. The van der Waals surface area contributed by atoms with Crippen molar-refractivity contribution in [3.05, 3.63) is 54.1 Å². The molecule has 34 heavy (non-hydrogen) atoms. The van der Waals surface area contributed by atoms with Gasteiger partial charge in [0.25, 0.3) is 10.0 Å². The van der Waals surface area contributed by atoms with Gasteiger partial charge >= 0.3 is 0 Å². The average Bonchev–Trinajstić information content (AvgIpc) is 2.85. The van der Waals surface area contributed by atoms with Gasteiger partial charge in [0.2, 0.25) is 5.91 Å². The first-order valence-electron chi connectivity index (χ1n) is 12.1. The van der Waals surface area contributed by atoms with Crippen molar-refractivity contribution in [2.75, 3.05) is 37.6 Å². The van der Waals surface area contributed by atoms with E-state index in [4.69, 9.17) is 4.74 Å². The molecular formula is C26H37N3O4S. The largest absolute Gasteiger partial charge is 0.497 e. The summed E-state index contributed by atoms with van der Waals surface area (Å²) in [7, 11) is -2.37. The number of nitrogens with zero attached hydrogens (tertiary/aromatic N) is 2. The number of nitrogens with one attached hydrogen (secondary N) is 1. The number of anilines is 1. The van der Waals surface area contributed by atoms with Crippen molar-refractivity contribution in [3.8, 4) is 5.75 Å². The van der Waals surface area contributed by atoms with Gasteiger partial charge in [0, 0.05) is 19.1 Å². The van der Waals surface area contributed by atoms with E-state index in [0.29, 0.717) is 24.0 Å². The number of rotatable bonds is 11. The second-order valence-electron chi connectivity index (χ2n) is 8.82. The normalized spacial score (nSPS) is 16.7. The molecule has 1 atom stereocenters. The van der Waals surface area contributed by atoms with Gasteiger partial charge < -0.3 is 15.0 Å². The minimum absolute atomic E-state index is 0.150. The molecule has 1 saturated heterocycles. The lowest BCUT2D eigenvalue weighted by Crippen LogP contribution is -2.43. The number of carbonyl (C=O) groups excluding carboxylic acids is 1. The summed E-state index contributed by atoms with van der Waals surface area (Å²) in [5, 5.41) is 2.91. The van der Waals surface area contributed by atoms with Crippen molar-refractivity contribution < 1.29 is 17.9 Å². The molecular weight excluding hydrogens is 450 g/mol. The smallest absolute Gasteiger partial charge is 0.264 e. The summed E-state index contributed by atoms with van der Waals surface area (Å²) in [6.45, 7) is 6.43. The highest BCUT2D eigenvalue weighted by atomic mass is 32.2. The number of hydrogen-bond acceptors (Lipinski definition) is 5. The van der Waals surface area contributed by atoms with Crippen LogP contribution < -0.4 is 14.4 Å². The fourth-order valence-corrected chi connectivity index (χ4v) is 5.83. The Balaban J connectivity index is 1.67. The van der Waals surface area contributed by atoms with Gasteiger partial charge in [0.1, 0.15) is 12.3 Å². The molecule has 3 rings (SSSR count). The van der Waals surface area contributed by atoms with Crippen LogP contribution in [0.5, 0.6) is 5.75 Å². The molecule has 0 saturated carbocycles. The number of likely N-dealkylation sites (tertiary alicyclic amines) is 1. The van der Waals surface area contributed by atoms with Gasteiger partial charge in [-0.2, -0.15) is 0 Å². The third-order valence-corrected chi connectivity index (χ3v) is 8.21. The first-order valence-corrected chi connectivity index (χ1v) is 13.5. The lowest BCUT2D eigenvalue weighted by molar-refractivity contribution is -0.119. The van der Waals surface area contributed by atoms with Crippen LogP contribution in [0.2, 0.25) is 0 Å². The molecule has 1 aliphatic rings. The van der Waals surface area contributed by atoms with Crippen LogP contribution in [0.15, 0.2) is 53.4 Å². The Bertz CT molecular complexity index is 1020. The minimum atomic E-state index is -3.92. The SMILES string of the molecule is CCC1CCCCN1CCCNC(=O)CN(c1ccc(OC)cc1)S(=O)(=O)c1ccc(C)cc1. The Kier molecular flexibility index (Phi) is 9.36. The van der Waals surface area contributed by atoms with Crippen molar-refractivity contribution in [2.45, 2.75) is 56.9 Å². The Morgan fingerprint density at radius 3 is 2.47 bits per heavy atom. The third kappa shape index (κ3) is 6.73. The molecule has 1 amide bonds. The van der Waals surface area contributed by atoms with Gasteiger partial charge in [-0.1, -0.05) is 31.0 Å². The molecule has 0 aliphatic carbocycles. The Labute approximate surface area is 204 Å². The van der Waals surface area contributed by atoms with Crippen molar-refractivity contribution in [3.63, 3.8) is 0 Å². The number of carbonyl (C=O) groups is 1. The number of amides is 1. The van der Waals surface area contributed by atoms with Crippen LogP contribution in [-0.4, -0.2) is 58.6 Å². The fraction of sp³-hybridized carbons (Fsp3) is 0.500. The van der Waals surface area contributed by atoms with E-state index in [1.165, 1.54) is 19.3 Å². The number of benzene rings is 2. The van der Waals surface area contributed by atoms with Crippen LogP contribution in [0.25, 0.3) is 0 Å². The highest BCUT2D eigenvalue weighted by molar-refractivity contribution is 7.92. The zero-order valence-corrected chi connectivity index (χ0v) is 21.3. The summed E-state index contributed by atoms with van der Waals surface area (Å²) in [6, 6.07) is 14.0. The van der Waals surface area contributed by atoms with E-state index in [0.717, 1.165) is 35.8 Å². The van der Waals surface area contributed by atoms with Crippen LogP contribution in [0.3, 0.4) is 0 Å². The number of ether oxygens (including phenoxy) is 1. The first kappa shape index (κ1) is 26.0. The van der Waals surface area contributed by atoms with Gasteiger partial charge in [0.05, 0.1) is 17.7 Å². The van der Waals surface area contributed by atoms with E-state index < -0.39 is 10.0 Å². The quantitative estimate of drug-likeness (QED) is 0.485. The number of sulfonamides is 1. The predicted molar refractivity (Wildman–Crippen MR) is 136 cm³/mol. The summed E-state index contributed by atoms with van der Waals surface area (Å²) in [6.07, 6.45) is 5.77. The molecule has 2 aromatic rings. The second kappa shape index (κ2) is 12.2. The van der Waals surface area contributed by atoms with Gasteiger partial charge in [-0.15, -0.1) is 0 Å². The summed E-state index contributed by atoms with van der Waals surface area (Å²) >= 11 is 0. The molecule has 1 N–H and O–H groups in total. The maximum Gasteiger partial charge on any atom is 0.264 e. The Morgan fingerprint density at radius 2 is 1.82 bits per heavy atom. The molecule has 2 aromatic carbocycles. The molecule has 0 bridgehead atoms. The summed E-state index contributed by atoms with van der Waals surface area (Å²) in [5.41, 5.74) is 1.38. The fourth-order valence-electron chi connectivity index (χ4n) is 4.41. The zero-order valence-electron chi connectivity index (χ0n) is 20.5. The molecule has 186 valence electrons. The lowest BCUT2D eigenvalue weighted by atomic mass is 10.00.